The molecule has 146 valence electrons. The predicted molar refractivity (Wildman–Crippen MR) is 120 cm³/mol. The number of halogens is 2. The molecule has 0 unspecified atom stereocenters. The molecule has 0 aliphatic heterocycles. The molecular formula is C26H23BrFP. The zero-order chi connectivity index (χ0) is 19.4. The first-order valence-corrected chi connectivity index (χ1v) is 11.5. The molecule has 3 heteroatoms. The minimum Gasteiger partial charge on any atom is -1.00 e. The highest BCUT2D eigenvalue weighted by Crippen LogP contribution is 2.58. The van der Waals surface area contributed by atoms with E-state index in [9.17, 15) is 4.39 Å². The van der Waals surface area contributed by atoms with Crippen LogP contribution in [0.15, 0.2) is 109 Å². The van der Waals surface area contributed by atoms with Crippen molar-refractivity contribution in [2.75, 3.05) is 0 Å². The van der Waals surface area contributed by atoms with Crippen molar-refractivity contribution in [1.29, 1.82) is 0 Å². The lowest BCUT2D eigenvalue weighted by atomic mass is 10.1. The molecule has 0 spiro atoms. The minimum absolute atomic E-state index is 0. The molecule has 0 amide bonds. The molecule has 0 N–H and O–H groups in total. The largest absolute Gasteiger partial charge is 1.00 e. The van der Waals surface area contributed by atoms with E-state index in [0.29, 0.717) is 5.56 Å². The second kappa shape index (κ2) is 9.48. The highest BCUT2D eigenvalue weighted by Gasteiger charge is 2.45. The summed E-state index contributed by atoms with van der Waals surface area (Å²) in [5.41, 5.74) is 1.87. The lowest BCUT2D eigenvalue weighted by Crippen LogP contribution is -3.00. The first-order valence-electron chi connectivity index (χ1n) is 9.50. The Labute approximate surface area is 183 Å². The summed E-state index contributed by atoms with van der Waals surface area (Å²) in [6.45, 7) is 1.84. The Morgan fingerprint density at radius 1 is 0.621 bits per heavy atom. The van der Waals surface area contributed by atoms with Gasteiger partial charge in [-0.15, -0.1) is 0 Å². The first kappa shape index (κ1) is 21.4. The lowest BCUT2D eigenvalue weighted by molar-refractivity contribution is -0.00000608. The van der Waals surface area contributed by atoms with E-state index in [-0.39, 0.29) is 22.8 Å². The number of aryl methyl sites for hydroxylation is 1. The number of rotatable bonds is 5. The maximum atomic E-state index is 13.9. The Kier molecular flexibility index (Phi) is 7.00. The van der Waals surface area contributed by atoms with Crippen molar-refractivity contribution < 1.29 is 21.4 Å². The second-order valence-corrected chi connectivity index (χ2v) is 10.5. The molecule has 4 rings (SSSR count). The van der Waals surface area contributed by atoms with Crippen LogP contribution in [0.4, 0.5) is 4.39 Å². The SMILES string of the molecule is Cc1cc(C[P+](c2ccccc2)(c2ccccc2)c2ccccc2)ccc1F.[Br-]. The molecule has 0 nitrogen and oxygen atoms in total. The molecule has 0 radical (unpaired) electrons. The summed E-state index contributed by atoms with van der Waals surface area (Å²) in [5, 5.41) is 4.03. The quantitative estimate of drug-likeness (QED) is 0.398. The van der Waals surface area contributed by atoms with Gasteiger partial charge in [0.1, 0.15) is 29.0 Å². The molecule has 0 heterocycles. The molecule has 0 aromatic heterocycles. The average molecular weight is 465 g/mol. The topological polar surface area (TPSA) is 0 Å². The summed E-state index contributed by atoms with van der Waals surface area (Å²) in [5.74, 6) is -0.146. The van der Waals surface area contributed by atoms with Crippen molar-refractivity contribution in [3.63, 3.8) is 0 Å². The van der Waals surface area contributed by atoms with Gasteiger partial charge in [0.25, 0.3) is 0 Å². The molecule has 0 bridgehead atoms. The highest BCUT2D eigenvalue weighted by atomic mass is 79.9. The summed E-state index contributed by atoms with van der Waals surface area (Å²) in [6.07, 6.45) is 0.867. The van der Waals surface area contributed by atoms with Gasteiger partial charge >= 0.3 is 0 Å². The van der Waals surface area contributed by atoms with E-state index in [1.165, 1.54) is 21.5 Å². The van der Waals surface area contributed by atoms with E-state index < -0.39 is 7.26 Å². The second-order valence-electron chi connectivity index (χ2n) is 7.06. The van der Waals surface area contributed by atoms with Gasteiger partial charge in [0.15, 0.2) is 0 Å². The van der Waals surface area contributed by atoms with Crippen LogP contribution in [0.1, 0.15) is 11.1 Å². The maximum absolute atomic E-state index is 13.9. The maximum Gasteiger partial charge on any atom is 0.126 e. The van der Waals surface area contributed by atoms with Gasteiger partial charge in [-0.05, 0) is 66.6 Å². The van der Waals surface area contributed by atoms with Crippen molar-refractivity contribution in [2.45, 2.75) is 13.1 Å². The van der Waals surface area contributed by atoms with Crippen molar-refractivity contribution in [3.05, 3.63) is 126 Å². The van der Waals surface area contributed by atoms with Gasteiger partial charge in [0.2, 0.25) is 0 Å². The Morgan fingerprint density at radius 3 is 1.41 bits per heavy atom. The summed E-state index contributed by atoms with van der Waals surface area (Å²) >= 11 is 0. The van der Waals surface area contributed by atoms with Crippen LogP contribution in [-0.4, -0.2) is 0 Å². The third kappa shape index (κ3) is 4.34. The fraction of sp³-hybridized carbons (Fsp3) is 0.0769. The fourth-order valence-corrected chi connectivity index (χ4v) is 8.08. The van der Waals surface area contributed by atoms with Crippen LogP contribution < -0.4 is 32.9 Å². The third-order valence-corrected chi connectivity index (χ3v) is 9.61. The van der Waals surface area contributed by atoms with Gasteiger partial charge in [0.05, 0.1) is 6.16 Å². The standard InChI is InChI=1S/C26H23FP.BrH/c1-21-19-22(17-18-26(21)27)20-28(23-11-5-2-6-12-23,24-13-7-3-8-14-24)25-15-9-4-10-16-25;/h2-19H,20H2,1H3;1H/q+1;/p-1. The van der Waals surface area contributed by atoms with Crippen LogP contribution in [0.3, 0.4) is 0 Å². The van der Waals surface area contributed by atoms with E-state index in [2.05, 4.69) is 91.0 Å². The Bertz CT molecular complexity index is 953. The predicted octanol–water partition coefficient (Wildman–Crippen LogP) is 2.63. The Balaban J connectivity index is 0.00000240. The number of benzene rings is 4. The van der Waals surface area contributed by atoms with Gasteiger partial charge in [-0.3, -0.25) is 0 Å². The van der Waals surface area contributed by atoms with E-state index in [4.69, 9.17) is 0 Å². The zero-order valence-electron chi connectivity index (χ0n) is 16.3. The van der Waals surface area contributed by atoms with Gasteiger partial charge in [0, 0.05) is 0 Å². The molecule has 29 heavy (non-hydrogen) atoms. The van der Waals surface area contributed by atoms with Crippen LogP contribution in [0, 0.1) is 12.7 Å². The van der Waals surface area contributed by atoms with Crippen molar-refractivity contribution in [1.82, 2.24) is 0 Å². The summed E-state index contributed by atoms with van der Waals surface area (Å²) < 4.78 is 13.9. The molecule has 0 saturated heterocycles. The summed E-state index contributed by atoms with van der Waals surface area (Å²) in [7, 11) is -1.93. The van der Waals surface area contributed by atoms with Crippen LogP contribution >= 0.6 is 7.26 Å². The van der Waals surface area contributed by atoms with E-state index in [0.717, 1.165) is 6.16 Å². The Hall–Kier alpha value is -2.28. The average Bonchev–Trinajstić information content (AvgIpc) is 2.76. The van der Waals surface area contributed by atoms with Gasteiger partial charge < -0.3 is 17.0 Å². The molecule has 0 saturated carbocycles. The molecule has 4 aromatic rings. The zero-order valence-corrected chi connectivity index (χ0v) is 18.8. The fourth-order valence-electron chi connectivity index (χ4n) is 3.85. The first-order chi connectivity index (χ1) is 13.7. The van der Waals surface area contributed by atoms with Crippen molar-refractivity contribution >= 4 is 23.2 Å². The van der Waals surface area contributed by atoms with Crippen LogP contribution in [0.25, 0.3) is 0 Å². The summed E-state index contributed by atoms with van der Waals surface area (Å²) in [6, 6.07) is 37.9. The van der Waals surface area contributed by atoms with Gasteiger partial charge in [-0.2, -0.15) is 0 Å². The van der Waals surface area contributed by atoms with Crippen LogP contribution in [0.2, 0.25) is 0 Å². The minimum atomic E-state index is -1.93. The normalized spacial score (nSPS) is 11.0. The molecule has 0 atom stereocenters. The van der Waals surface area contributed by atoms with E-state index in [1.807, 2.05) is 19.1 Å². The molecule has 0 aliphatic carbocycles. The van der Waals surface area contributed by atoms with Crippen molar-refractivity contribution in [3.8, 4) is 0 Å². The number of hydrogen-bond donors (Lipinski definition) is 0. The molecule has 4 aromatic carbocycles. The molecule has 0 aliphatic rings. The van der Waals surface area contributed by atoms with Gasteiger partial charge in [-0.1, -0.05) is 60.7 Å². The third-order valence-electron chi connectivity index (χ3n) is 5.23. The van der Waals surface area contributed by atoms with E-state index >= 15 is 0 Å². The van der Waals surface area contributed by atoms with Crippen LogP contribution in [-0.2, 0) is 6.16 Å². The van der Waals surface area contributed by atoms with Crippen molar-refractivity contribution in [2.24, 2.45) is 0 Å². The lowest BCUT2D eigenvalue weighted by Gasteiger charge is -2.28. The molecule has 0 fully saturated rings. The Morgan fingerprint density at radius 2 is 1.03 bits per heavy atom. The number of hydrogen-bond acceptors (Lipinski definition) is 0. The monoisotopic (exact) mass is 464 g/mol. The van der Waals surface area contributed by atoms with E-state index in [1.54, 1.807) is 6.07 Å². The smallest absolute Gasteiger partial charge is 0.126 e. The highest BCUT2D eigenvalue weighted by molar-refractivity contribution is 7.95. The van der Waals surface area contributed by atoms with Gasteiger partial charge in [-0.25, -0.2) is 4.39 Å². The van der Waals surface area contributed by atoms with Crippen LogP contribution in [0.5, 0.6) is 0 Å². The summed E-state index contributed by atoms with van der Waals surface area (Å²) in [4.78, 5) is 0. The molecular weight excluding hydrogens is 442 g/mol.